The van der Waals surface area contributed by atoms with Crippen molar-refractivity contribution in [3.8, 4) is 0 Å². The molecule has 86 valence electrons. The Kier molecular flexibility index (Phi) is 4.47. The zero-order valence-electron chi connectivity index (χ0n) is 9.11. The smallest absolute Gasteiger partial charge is 0.234 e. The molecule has 1 fully saturated rings. The van der Waals surface area contributed by atoms with Gasteiger partial charge in [0, 0.05) is 12.5 Å². The van der Waals surface area contributed by atoms with Gasteiger partial charge in [-0.2, -0.15) is 0 Å². The minimum atomic E-state index is -0.228. The molecule has 0 saturated carbocycles. The van der Waals surface area contributed by atoms with Crippen LogP contribution in [0.5, 0.6) is 0 Å². The van der Waals surface area contributed by atoms with Crippen LogP contribution in [0.3, 0.4) is 0 Å². The van der Waals surface area contributed by atoms with E-state index in [2.05, 4.69) is 11.8 Å². The van der Waals surface area contributed by atoms with Crippen molar-refractivity contribution in [2.75, 3.05) is 6.54 Å². The number of hydrogen-bond acceptors (Lipinski definition) is 3. The second-order valence-electron chi connectivity index (χ2n) is 4.03. The van der Waals surface area contributed by atoms with Crippen molar-refractivity contribution in [1.82, 2.24) is 4.90 Å². The average Bonchev–Trinajstić information content (AvgIpc) is 2.62. The maximum atomic E-state index is 11.2. The van der Waals surface area contributed by atoms with Gasteiger partial charge in [-0.3, -0.25) is 9.69 Å². The summed E-state index contributed by atoms with van der Waals surface area (Å²) in [6, 6.07) is 0.145. The van der Waals surface area contributed by atoms with E-state index < -0.39 is 0 Å². The first-order chi connectivity index (χ1) is 7.06. The highest BCUT2D eigenvalue weighted by Crippen LogP contribution is 2.23. The molecule has 15 heavy (non-hydrogen) atoms. The lowest BCUT2D eigenvalue weighted by Gasteiger charge is -2.30. The zero-order chi connectivity index (χ0) is 11.4. The van der Waals surface area contributed by atoms with Gasteiger partial charge in [0.2, 0.25) is 5.91 Å². The number of primary amides is 1. The van der Waals surface area contributed by atoms with Crippen molar-refractivity contribution < 1.29 is 4.79 Å². The number of carbonyl (C=O) groups excluding carboxylic acids is 1. The highest BCUT2D eigenvalue weighted by atomic mass is 32.1. The summed E-state index contributed by atoms with van der Waals surface area (Å²) in [5.41, 5.74) is 10.9. The molecule has 2 atom stereocenters. The van der Waals surface area contributed by atoms with Crippen molar-refractivity contribution in [3.63, 3.8) is 0 Å². The highest BCUT2D eigenvalue weighted by Gasteiger charge is 2.33. The molecule has 0 bridgehead atoms. The molecular weight excluding hydrogens is 210 g/mol. The molecule has 0 aromatic carbocycles. The van der Waals surface area contributed by atoms with Gasteiger partial charge in [0.05, 0.1) is 11.0 Å². The van der Waals surface area contributed by atoms with E-state index in [0.717, 1.165) is 25.8 Å². The fourth-order valence-electron chi connectivity index (χ4n) is 2.26. The minimum absolute atomic E-state index is 0.121. The van der Waals surface area contributed by atoms with E-state index in [4.69, 9.17) is 23.7 Å². The number of amides is 1. The van der Waals surface area contributed by atoms with Crippen molar-refractivity contribution in [2.45, 2.75) is 44.7 Å². The summed E-state index contributed by atoms with van der Waals surface area (Å²) in [5, 5.41) is 0. The van der Waals surface area contributed by atoms with Crippen LogP contribution in [-0.2, 0) is 4.79 Å². The molecule has 2 unspecified atom stereocenters. The standard InChI is InChI=1S/C10H19N3OS/c1-2-7(6-9(11)15)13-5-3-4-8(13)10(12)14/h7-8H,2-6H2,1H3,(H2,11,15)(H2,12,14). The molecule has 0 radical (unpaired) electrons. The van der Waals surface area contributed by atoms with E-state index in [1.807, 2.05) is 0 Å². The van der Waals surface area contributed by atoms with Crippen molar-refractivity contribution in [1.29, 1.82) is 0 Å². The van der Waals surface area contributed by atoms with Crippen LogP contribution in [0.4, 0.5) is 0 Å². The Balaban J connectivity index is 2.66. The van der Waals surface area contributed by atoms with Crippen LogP contribution in [0.1, 0.15) is 32.6 Å². The van der Waals surface area contributed by atoms with Gasteiger partial charge >= 0.3 is 0 Å². The van der Waals surface area contributed by atoms with E-state index in [-0.39, 0.29) is 18.0 Å². The summed E-state index contributed by atoms with van der Waals surface area (Å²) < 4.78 is 0. The Hall–Kier alpha value is -0.680. The molecule has 0 spiro atoms. The van der Waals surface area contributed by atoms with Crippen molar-refractivity contribution in [2.24, 2.45) is 11.5 Å². The van der Waals surface area contributed by atoms with Crippen LogP contribution in [0.15, 0.2) is 0 Å². The molecule has 0 aromatic rings. The lowest BCUT2D eigenvalue weighted by Crippen LogP contribution is -2.46. The summed E-state index contributed by atoms with van der Waals surface area (Å²) in [6.07, 6.45) is 3.52. The molecule has 1 aliphatic rings. The van der Waals surface area contributed by atoms with Crippen LogP contribution in [-0.4, -0.2) is 34.4 Å². The maximum absolute atomic E-state index is 11.2. The second-order valence-corrected chi connectivity index (χ2v) is 4.56. The van der Waals surface area contributed by atoms with Crippen LogP contribution >= 0.6 is 12.2 Å². The van der Waals surface area contributed by atoms with Gasteiger partial charge in [-0.1, -0.05) is 19.1 Å². The molecule has 0 aromatic heterocycles. The molecule has 1 heterocycles. The third kappa shape index (κ3) is 3.14. The van der Waals surface area contributed by atoms with Gasteiger partial charge in [-0.25, -0.2) is 0 Å². The number of thiocarbonyl (C=S) groups is 1. The molecule has 1 amide bonds. The number of likely N-dealkylation sites (tertiary alicyclic amines) is 1. The number of carbonyl (C=O) groups is 1. The van der Waals surface area contributed by atoms with Crippen LogP contribution in [0.25, 0.3) is 0 Å². The first-order valence-electron chi connectivity index (χ1n) is 5.39. The molecule has 5 heteroatoms. The lowest BCUT2D eigenvalue weighted by molar-refractivity contribution is -0.122. The normalized spacial score (nSPS) is 23.9. The highest BCUT2D eigenvalue weighted by molar-refractivity contribution is 7.80. The fourth-order valence-corrected chi connectivity index (χ4v) is 2.45. The van der Waals surface area contributed by atoms with E-state index in [0.29, 0.717) is 11.4 Å². The minimum Gasteiger partial charge on any atom is -0.393 e. The summed E-state index contributed by atoms with van der Waals surface area (Å²) in [4.78, 5) is 13.9. The summed E-state index contributed by atoms with van der Waals surface area (Å²) in [6.45, 7) is 3.01. The predicted molar refractivity (Wildman–Crippen MR) is 64.4 cm³/mol. The molecule has 1 saturated heterocycles. The van der Waals surface area contributed by atoms with Gasteiger partial charge in [0.25, 0.3) is 0 Å². The zero-order valence-corrected chi connectivity index (χ0v) is 9.93. The van der Waals surface area contributed by atoms with E-state index in [9.17, 15) is 4.79 Å². The number of nitrogens with two attached hydrogens (primary N) is 2. The summed E-state index contributed by atoms with van der Waals surface area (Å²) in [7, 11) is 0. The Morgan fingerprint density at radius 3 is 2.73 bits per heavy atom. The third-order valence-electron chi connectivity index (χ3n) is 3.00. The summed E-state index contributed by atoms with van der Waals surface area (Å²) >= 11 is 4.91. The molecule has 1 rings (SSSR count). The van der Waals surface area contributed by atoms with Gasteiger partial charge in [-0.15, -0.1) is 0 Å². The predicted octanol–water partition coefficient (Wildman–Crippen LogP) is 0.391. The van der Waals surface area contributed by atoms with E-state index in [1.54, 1.807) is 0 Å². The van der Waals surface area contributed by atoms with Gasteiger partial charge in [-0.05, 0) is 25.8 Å². The fraction of sp³-hybridized carbons (Fsp3) is 0.800. The largest absolute Gasteiger partial charge is 0.393 e. The quantitative estimate of drug-likeness (QED) is 0.669. The molecule has 4 N–H and O–H groups in total. The van der Waals surface area contributed by atoms with Gasteiger partial charge < -0.3 is 11.5 Å². The first kappa shape index (κ1) is 12.4. The number of hydrogen-bond donors (Lipinski definition) is 2. The maximum Gasteiger partial charge on any atom is 0.234 e. The number of nitrogens with zero attached hydrogens (tertiary/aromatic N) is 1. The Morgan fingerprint density at radius 2 is 2.27 bits per heavy atom. The van der Waals surface area contributed by atoms with E-state index in [1.165, 1.54) is 0 Å². The van der Waals surface area contributed by atoms with Crippen molar-refractivity contribution >= 4 is 23.1 Å². The van der Waals surface area contributed by atoms with E-state index >= 15 is 0 Å². The molecule has 4 nitrogen and oxygen atoms in total. The first-order valence-corrected chi connectivity index (χ1v) is 5.80. The Morgan fingerprint density at radius 1 is 1.60 bits per heavy atom. The molecular formula is C10H19N3OS. The summed E-state index contributed by atoms with van der Waals surface area (Å²) in [5.74, 6) is -0.228. The van der Waals surface area contributed by atoms with Gasteiger partial charge in [0.1, 0.15) is 0 Å². The second kappa shape index (κ2) is 5.42. The molecule has 0 aliphatic carbocycles. The average molecular weight is 229 g/mol. The third-order valence-corrected chi connectivity index (χ3v) is 3.17. The van der Waals surface area contributed by atoms with Crippen LogP contribution in [0, 0.1) is 0 Å². The Bertz CT molecular complexity index is 257. The molecule has 1 aliphatic heterocycles. The van der Waals surface area contributed by atoms with Crippen LogP contribution in [0.2, 0.25) is 0 Å². The van der Waals surface area contributed by atoms with Crippen molar-refractivity contribution in [3.05, 3.63) is 0 Å². The Labute approximate surface area is 96.0 Å². The SMILES string of the molecule is CCC(CC(N)=S)N1CCCC1C(N)=O. The van der Waals surface area contributed by atoms with Crippen LogP contribution < -0.4 is 11.5 Å². The monoisotopic (exact) mass is 229 g/mol. The topological polar surface area (TPSA) is 72.3 Å². The number of rotatable bonds is 5. The lowest BCUT2D eigenvalue weighted by atomic mass is 10.1. The van der Waals surface area contributed by atoms with Gasteiger partial charge in [0.15, 0.2) is 0 Å².